The van der Waals surface area contributed by atoms with Crippen LogP contribution < -0.4 is 4.74 Å². The summed E-state index contributed by atoms with van der Waals surface area (Å²) in [5, 5.41) is 0. The highest BCUT2D eigenvalue weighted by Gasteiger charge is 2.40. The average Bonchev–Trinajstić information content (AvgIpc) is 3.03. The second-order valence-corrected chi connectivity index (χ2v) is 3.69. The van der Waals surface area contributed by atoms with Crippen molar-refractivity contribution in [2.24, 2.45) is 5.92 Å². The van der Waals surface area contributed by atoms with Crippen LogP contribution in [0.1, 0.15) is 28.9 Å². The molecule has 1 aromatic rings. The van der Waals surface area contributed by atoms with Gasteiger partial charge in [0.05, 0.1) is 9.30 Å². The lowest BCUT2D eigenvalue weighted by Crippen LogP contribution is -1.91. The van der Waals surface area contributed by atoms with E-state index in [1.165, 1.54) is 0 Å². The SMILES string of the molecule is [2H]C1([2H])Oc2cccc([C@@H]3C[C@H]3C=O)c2C1([2H])[2H]. The molecule has 1 aromatic carbocycles. The summed E-state index contributed by atoms with van der Waals surface area (Å²) < 4.78 is 36.2. The normalized spacial score (nSPS) is 39.4. The van der Waals surface area contributed by atoms with Crippen molar-refractivity contribution in [1.82, 2.24) is 0 Å². The van der Waals surface area contributed by atoms with Gasteiger partial charge >= 0.3 is 0 Å². The minimum Gasteiger partial charge on any atom is -0.493 e. The van der Waals surface area contributed by atoms with Gasteiger partial charge in [-0.15, -0.1) is 0 Å². The summed E-state index contributed by atoms with van der Waals surface area (Å²) in [5.41, 5.74) is 0.973. The fourth-order valence-electron chi connectivity index (χ4n) is 1.93. The molecule has 2 aliphatic rings. The molecule has 1 fully saturated rings. The van der Waals surface area contributed by atoms with E-state index in [0.717, 1.165) is 6.29 Å². The van der Waals surface area contributed by atoms with Crippen LogP contribution in [0, 0.1) is 5.92 Å². The summed E-state index contributed by atoms with van der Waals surface area (Å²) in [6, 6.07) is 5.04. The lowest BCUT2D eigenvalue weighted by molar-refractivity contribution is -0.108. The number of carbonyl (C=O) groups excluding carboxylic acids is 1. The number of fused-ring (bicyclic) bond motifs is 1. The van der Waals surface area contributed by atoms with Gasteiger partial charge in [-0.3, -0.25) is 0 Å². The Morgan fingerprint density at radius 3 is 3.29 bits per heavy atom. The second kappa shape index (κ2) is 2.84. The molecule has 1 heterocycles. The number of benzene rings is 1. The van der Waals surface area contributed by atoms with Crippen LogP contribution in [-0.2, 0) is 11.2 Å². The van der Waals surface area contributed by atoms with Crippen LogP contribution in [0.4, 0.5) is 0 Å². The molecule has 0 spiro atoms. The van der Waals surface area contributed by atoms with Crippen LogP contribution in [0.3, 0.4) is 0 Å². The summed E-state index contributed by atoms with van der Waals surface area (Å²) >= 11 is 0. The first-order valence-corrected chi connectivity index (χ1v) is 4.66. The maximum absolute atomic E-state index is 10.7. The van der Waals surface area contributed by atoms with E-state index in [4.69, 9.17) is 10.2 Å². The number of ether oxygens (including phenoxy) is 1. The van der Waals surface area contributed by atoms with Gasteiger partial charge in [0.15, 0.2) is 0 Å². The van der Waals surface area contributed by atoms with Crippen LogP contribution in [0.5, 0.6) is 5.75 Å². The molecule has 1 aliphatic carbocycles. The largest absolute Gasteiger partial charge is 0.493 e. The van der Waals surface area contributed by atoms with E-state index in [2.05, 4.69) is 0 Å². The maximum Gasteiger partial charge on any atom is 0.123 e. The third kappa shape index (κ3) is 1.07. The predicted molar refractivity (Wildman–Crippen MR) is 52.6 cm³/mol. The molecule has 1 saturated carbocycles. The van der Waals surface area contributed by atoms with Gasteiger partial charge in [-0.25, -0.2) is 0 Å². The van der Waals surface area contributed by atoms with Crippen LogP contribution in [-0.4, -0.2) is 12.8 Å². The molecule has 0 unspecified atom stereocenters. The quantitative estimate of drug-likeness (QED) is 0.669. The van der Waals surface area contributed by atoms with Crippen LogP contribution in [0.15, 0.2) is 18.2 Å². The molecule has 2 nitrogen and oxygen atoms in total. The standard InChI is InChI=1S/C12H12O2/c13-7-8-6-11(8)9-2-1-3-12-10(9)4-5-14-12/h1-3,7-8,11H,4-6H2/t8-,11+/m0/s1/i4D2,5D2. The van der Waals surface area contributed by atoms with Gasteiger partial charge in [0.2, 0.25) is 0 Å². The van der Waals surface area contributed by atoms with Crippen molar-refractivity contribution >= 4 is 6.29 Å². The number of rotatable bonds is 2. The molecule has 0 saturated heterocycles. The molecule has 0 N–H and O–H groups in total. The zero-order valence-corrected chi connectivity index (χ0v) is 7.49. The molecule has 14 heavy (non-hydrogen) atoms. The Bertz CT molecular complexity index is 527. The van der Waals surface area contributed by atoms with Crippen molar-refractivity contribution in [2.45, 2.75) is 18.7 Å². The summed E-state index contributed by atoms with van der Waals surface area (Å²) in [7, 11) is 0. The van der Waals surface area contributed by atoms with Crippen LogP contribution in [0.25, 0.3) is 0 Å². The average molecular weight is 192 g/mol. The molecule has 0 amide bonds. The molecule has 72 valence electrons. The molecule has 0 aromatic heterocycles. The topological polar surface area (TPSA) is 26.3 Å². The van der Waals surface area contributed by atoms with E-state index in [9.17, 15) is 4.79 Å². The van der Waals surface area contributed by atoms with Gasteiger partial charge in [-0.1, -0.05) is 12.1 Å². The highest BCUT2D eigenvalue weighted by Crippen LogP contribution is 2.49. The van der Waals surface area contributed by atoms with E-state index >= 15 is 0 Å². The molecule has 2 atom stereocenters. The molecule has 0 bridgehead atoms. The van der Waals surface area contributed by atoms with Gasteiger partial charge in [0.1, 0.15) is 12.0 Å². The summed E-state index contributed by atoms with van der Waals surface area (Å²) in [4.78, 5) is 10.7. The highest BCUT2D eigenvalue weighted by molar-refractivity contribution is 5.62. The van der Waals surface area contributed by atoms with Gasteiger partial charge in [-0.05, 0) is 24.0 Å². The smallest absolute Gasteiger partial charge is 0.123 e. The predicted octanol–water partition coefficient (Wildman–Crippen LogP) is 1.92. The molecule has 0 radical (unpaired) electrons. The van der Waals surface area contributed by atoms with Crippen molar-refractivity contribution in [3.63, 3.8) is 0 Å². The lowest BCUT2D eigenvalue weighted by atomic mass is 10.0. The second-order valence-electron chi connectivity index (χ2n) is 3.69. The number of carbonyl (C=O) groups is 1. The Balaban J connectivity index is 2.12. The third-order valence-corrected chi connectivity index (χ3v) is 2.81. The van der Waals surface area contributed by atoms with Crippen molar-refractivity contribution in [1.29, 1.82) is 0 Å². The molecule has 2 heteroatoms. The molecular formula is C12H12O2. The van der Waals surface area contributed by atoms with E-state index in [0.29, 0.717) is 12.0 Å². The summed E-state index contributed by atoms with van der Waals surface area (Å²) in [6.45, 7) is -2.36. The van der Waals surface area contributed by atoms with Crippen LogP contribution in [0.2, 0.25) is 0 Å². The minimum atomic E-state index is -2.36. The van der Waals surface area contributed by atoms with Gasteiger partial charge < -0.3 is 9.53 Å². The number of hydrogen-bond donors (Lipinski definition) is 0. The summed E-state index contributed by atoms with van der Waals surface area (Å²) in [6.07, 6.45) is -0.599. The fraction of sp³-hybridized carbons (Fsp3) is 0.417. The van der Waals surface area contributed by atoms with E-state index in [1.807, 2.05) is 0 Å². The molecular weight excluding hydrogens is 176 g/mol. The lowest BCUT2D eigenvalue weighted by Gasteiger charge is -2.04. The zero-order chi connectivity index (χ0) is 13.1. The first-order valence-electron chi connectivity index (χ1n) is 6.66. The third-order valence-electron chi connectivity index (χ3n) is 2.81. The minimum absolute atomic E-state index is 0.00465. The monoisotopic (exact) mass is 192 g/mol. The van der Waals surface area contributed by atoms with Crippen molar-refractivity contribution in [2.75, 3.05) is 6.56 Å². The Labute approximate surface area is 88.5 Å². The van der Waals surface area contributed by atoms with Crippen molar-refractivity contribution in [3.05, 3.63) is 29.3 Å². The van der Waals surface area contributed by atoms with Crippen molar-refractivity contribution < 1.29 is 15.0 Å². The fourth-order valence-corrected chi connectivity index (χ4v) is 1.93. The van der Waals surface area contributed by atoms with Gasteiger partial charge in [-0.2, -0.15) is 0 Å². The highest BCUT2D eigenvalue weighted by atomic mass is 16.5. The Hall–Kier alpha value is -1.31. The Morgan fingerprint density at radius 1 is 1.57 bits per heavy atom. The van der Waals surface area contributed by atoms with E-state index in [-0.39, 0.29) is 23.1 Å². The van der Waals surface area contributed by atoms with Crippen LogP contribution >= 0.6 is 0 Å². The van der Waals surface area contributed by atoms with E-state index < -0.39 is 12.9 Å². The molecule has 1 aliphatic heterocycles. The summed E-state index contributed by atoms with van der Waals surface area (Å²) in [5.74, 6) is 0.183. The van der Waals surface area contributed by atoms with E-state index in [1.54, 1.807) is 18.2 Å². The van der Waals surface area contributed by atoms with Crippen molar-refractivity contribution in [3.8, 4) is 5.75 Å². The first-order chi connectivity index (χ1) is 8.38. The van der Waals surface area contributed by atoms with Gasteiger partial charge in [0.25, 0.3) is 0 Å². The number of aldehydes is 1. The first kappa shape index (κ1) is 4.96. The number of hydrogen-bond acceptors (Lipinski definition) is 2. The maximum atomic E-state index is 10.7. The molecule has 3 rings (SSSR count). The van der Waals surface area contributed by atoms with Gasteiger partial charge in [0, 0.05) is 20.6 Å². The Kier molecular flexibility index (Phi) is 1.01. The Morgan fingerprint density at radius 2 is 2.50 bits per heavy atom. The zero-order valence-electron chi connectivity index (χ0n) is 11.5.